The summed E-state index contributed by atoms with van der Waals surface area (Å²) in [7, 11) is 1.66. The fourth-order valence-corrected chi connectivity index (χ4v) is 5.05. The van der Waals surface area contributed by atoms with Gasteiger partial charge in [-0.15, -0.1) is 0 Å². The summed E-state index contributed by atoms with van der Waals surface area (Å²) in [5.41, 5.74) is 6.27. The fraction of sp³-hybridized carbons (Fsp3) is 0.333. The van der Waals surface area contributed by atoms with Gasteiger partial charge in [0.05, 0.1) is 23.3 Å². The van der Waals surface area contributed by atoms with Crippen molar-refractivity contribution >= 4 is 17.5 Å². The normalized spacial score (nSPS) is 17.9. The van der Waals surface area contributed by atoms with Crippen molar-refractivity contribution in [3.05, 3.63) is 71.8 Å². The number of nitrogens with one attached hydrogen (secondary N) is 2. The summed E-state index contributed by atoms with van der Waals surface area (Å²) in [6.07, 6.45) is 7.08. The van der Waals surface area contributed by atoms with Crippen LogP contribution in [0.2, 0.25) is 0 Å². The highest BCUT2D eigenvalue weighted by molar-refractivity contribution is 5.95. The molecule has 0 radical (unpaired) electrons. The highest BCUT2D eigenvalue weighted by Gasteiger charge is 2.27. The van der Waals surface area contributed by atoms with Crippen molar-refractivity contribution in [2.75, 3.05) is 7.05 Å². The molecule has 1 aliphatic carbocycles. The summed E-state index contributed by atoms with van der Waals surface area (Å²) in [6.45, 7) is 4.03. The number of hydrogen-bond donors (Lipinski definition) is 2. The lowest BCUT2D eigenvalue weighted by molar-refractivity contribution is -0.125. The molecule has 8 nitrogen and oxygen atoms in total. The van der Waals surface area contributed by atoms with Crippen LogP contribution in [-0.4, -0.2) is 44.1 Å². The van der Waals surface area contributed by atoms with Gasteiger partial charge in [-0.2, -0.15) is 5.10 Å². The van der Waals surface area contributed by atoms with Gasteiger partial charge in [-0.05, 0) is 63.4 Å². The summed E-state index contributed by atoms with van der Waals surface area (Å²) in [4.78, 5) is 29.5. The van der Waals surface area contributed by atoms with Crippen molar-refractivity contribution in [1.82, 2.24) is 29.8 Å². The van der Waals surface area contributed by atoms with E-state index in [1.54, 1.807) is 7.05 Å². The number of amides is 2. The van der Waals surface area contributed by atoms with Crippen LogP contribution in [0.1, 0.15) is 47.4 Å². The van der Waals surface area contributed by atoms with Gasteiger partial charge in [-0.3, -0.25) is 14.0 Å². The molecule has 1 aromatic carbocycles. The van der Waals surface area contributed by atoms with Gasteiger partial charge >= 0.3 is 0 Å². The predicted octanol–water partition coefficient (Wildman–Crippen LogP) is 3.84. The summed E-state index contributed by atoms with van der Waals surface area (Å²) >= 11 is 0. The van der Waals surface area contributed by atoms with Gasteiger partial charge < -0.3 is 10.6 Å². The highest BCUT2D eigenvalue weighted by atomic mass is 16.2. The third kappa shape index (κ3) is 4.56. The van der Waals surface area contributed by atoms with Gasteiger partial charge in [0.1, 0.15) is 5.65 Å². The van der Waals surface area contributed by atoms with E-state index < -0.39 is 0 Å². The number of carbonyl (C=O) groups is 2. The molecule has 2 atom stereocenters. The Morgan fingerprint density at radius 1 is 1.09 bits per heavy atom. The Hall–Kier alpha value is -3.94. The second-order valence-electron chi connectivity index (χ2n) is 9.32. The van der Waals surface area contributed by atoms with Gasteiger partial charge in [0.15, 0.2) is 0 Å². The molecule has 0 saturated heterocycles. The average molecular weight is 471 g/mol. The summed E-state index contributed by atoms with van der Waals surface area (Å²) < 4.78 is 3.92. The van der Waals surface area contributed by atoms with E-state index in [0.717, 1.165) is 47.6 Å². The van der Waals surface area contributed by atoms with Crippen LogP contribution >= 0.6 is 0 Å². The first-order valence-electron chi connectivity index (χ1n) is 12.1. The Morgan fingerprint density at radius 3 is 2.71 bits per heavy atom. The molecule has 5 rings (SSSR count). The Balaban J connectivity index is 1.36. The largest absolute Gasteiger partial charge is 0.359 e. The van der Waals surface area contributed by atoms with Gasteiger partial charge in [-0.25, -0.2) is 9.67 Å². The number of aryl methyl sites for hydroxylation is 2. The maximum absolute atomic E-state index is 13.0. The first kappa shape index (κ1) is 22.8. The fourth-order valence-electron chi connectivity index (χ4n) is 5.05. The molecule has 1 fully saturated rings. The smallest absolute Gasteiger partial charge is 0.251 e. The van der Waals surface area contributed by atoms with Gasteiger partial charge in [0, 0.05) is 42.0 Å². The Morgan fingerprint density at radius 2 is 1.94 bits per heavy atom. The van der Waals surface area contributed by atoms with E-state index in [1.165, 1.54) is 0 Å². The topological polar surface area (TPSA) is 93.3 Å². The molecule has 35 heavy (non-hydrogen) atoms. The number of carbonyl (C=O) groups excluding carboxylic acids is 2. The molecular formula is C27H30N6O2. The third-order valence-corrected chi connectivity index (χ3v) is 6.80. The molecule has 1 saturated carbocycles. The lowest BCUT2D eigenvalue weighted by Crippen LogP contribution is -2.41. The van der Waals surface area contributed by atoms with E-state index in [1.807, 2.05) is 65.7 Å². The van der Waals surface area contributed by atoms with Crippen LogP contribution < -0.4 is 10.6 Å². The van der Waals surface area contributed by atoms with Crippen molar-refractivity contribution in [3.63, 3.8) is 0 Å². The molecule has 0 spiro atoms. The van der Waals surface area contributed by atoms with Gasteiger partial charge in [0.25, 0.3) is 5.91 Å². The van der Waals surface area contributed by atoms with Crippen molar-refractivity contribution in [2.45, 2.75) is 45.6 Å². The average Bonchev–Trinajstić information content (AvgIpc) is 3.45. The molecular weight excluding hydrogens is 440 g/mol. The first-order valence-corrected chi connectivity index (χ1v) is 12.1. The molecule has 8 heteroatoms. The number of pyridine rings is 1. The van der Waals surface area contributed by atoms with E-state index in [2.05, 4.69) is 32.8 Å². The van der Waals surface area contributed by atoms with E-state index in [-0.39, 0.29) is 23.8 Å². The molecule has 180 valence electrons. The first-order chi connectivity index (χ1) is 16.9. The van der Waals surface area contributed by atoms with Crippen LogP contribution in [0.25, 0.3) is 22.6 Å². The van der Waals surface area contributed by atoms with Crippen LogP contribution in [0.5, 0.6) is 0 Å². The van der Waals surface area contributed by atoms with E-state index in [0.29, 0.717) is 17.6 Å². The number of aromatic nitrogens is 4. The third-order valence-electron chi connectivity index (χ3n) is 6.80. The number of benzene rings is 1. The van der Waals surface area contributed by atoms with Crippen LogP contribution in [0.3, 0.4) is 0 Å². The zero-order valence-electron chi connectivity index (χ0n) is 20.3. The zero-order chi connectivity index (χ0) is 24.5. The van der Waals surface area contributed by atoms with Crippen molar-refractivity contribution in [2.24, 2.45) is 5.92 Å². The van der Waals surface area contributed by atoms with Crippen molar-refractivity contribution in [3.8, 4) is 16.9 Å². The van der Waals surface area contributed by atoms with E-state index >= 15 is 0 Å². The minimum atomic E-state index is -0.133. The van der Waals surface area contributed by atoms with Crippen LogP contribution in [0.4, 0.5) is 0 Å². The second kappa shape index (κ2) is 9.37. The maximum Gasteiger partial charge on any atom is 0.251 e. The molecule has 4 aromatic rings. The zero-order valence-corrected chi connectivity index (χ0v) is 20.3. The lowest BCUT2D eigenvalue weighted by atomic mass is 9.85. The molecule has 0 aliphatic heterocycles. The Labute approximate surface area is 204 Å². The quantitative estimate of drug-likeness (QED) is 0.464. The summed E-state index contributed by atoms with van der Waals surface area (Å²) in [5.74, 6) is -0.120. The van der Waals surface area contributed by atoms with Gasteiger partial charge in [-0.1, -0.05) is 18.6 Å². The summed E-state index contributed by atoms with van der Waals surface area (Å²) in [5, 5.41) is 10.4. The predicted molar refractivity (Wildman–Crippen MR) is 135 cm³/mol. The highest BCUT2D eigenvalue weighted by Crippen LogP contribution is 2.26. The minimum Gasteiger partial charge on any atom is -0.359 e. The number of fused-ring (bicyclic) bond motifs is 1. The molecule has 2 amide bonds. The van der Waals surface area contributed by atoms with Gasteiger partial charge in [0.2, 0.25) is 5.91 Å². The molecule has 1 aliphatic rings. The van der Waals surface area contributed by atoms with Crippen molar-refractivity contribution < 1.29 is 9.59 Å². The van der Waals surface area contributed by atoms with E-state index in [4.69, 9.17) is 0 Å². The van der Waals surface area contributed by atoms with Crippen LogP contribution in [-0.2, 0) is 4.79 Å². The maximum atomic E-state index is 13.0. The van der Waals surface area contributed by atoms with Crippen LogP contribution in [0.15, 0.2) is 54.9 Å². The molecule has 3 heterocycles. The monoisotopic (exact) mass is 470 g/mol. The Bertz CT molecular complexity index is 1400. The lowest BCUT2D eigenvalue weighted by Gasteiger charge is -2.28. The number of rotatable bonds is 5. The standard InChI is InChI=1S/C27H30N6O2/c1-17-12-18(2)33(31-17)23-9-5-6-19(14-23)24-16-29-25-15-21(10-11-32(24)25)27(35)30-22-8-4-7-20(13-22)26(34)28-3/h5-6,9-12,14-16,20,22H,4,7-8,13H2,1-3H3,(H,28,34)(H,30,35)/t20-,22-/m0/s1. The Kier molecular flexibility index (Phi) is 6.11. The molecule has 0 bridgehead atoms. The molecule has 3 aromatic heterocycles. The van der Waals surface area contributed by atoms with Crippen molar-refractivity contribution in [1.29, 1.82) is 0 Å². The van der Waals surface area contributed by atoms with Crippen LogP contribution in [0, 0.1) is 19.8 Å². The summed E-state index contributed by atoms with van der Waals surface area (Å²) in [6, 6.07) is 13.9. The number of hydrogen-bond acceptors (Lipinski definition) is 4. The SMILES string of the molecule is CNC(=O)[C@H]1CCC[C@H](NC(=O)c2ccn3c(-c4cccc(-n5nc(C)cc5C)c4)cnc3c2)C1. The number of nitrogens with zero attached hydrogens (tertiary/aromatic N) is 4. The number of imidazole rings is 1. The van der Waals surface area contributed by atoms with E-state index in [9.17, 15) is 9.59 Å². The second-order valence-corrected chi connectivity index (χ2v) is 9.32. The molecule has 0 unspecified atom stereocenters. The minimum absolute atomic E-state index is 0.00205. The molecule has 2 N–H and O–H groups in total.